The molecule has 2 bridgehead atoms. The summed E-state index contributed by atoms with van der Waals surface area (Å²) in [6.07, 6.45) is 6.26. The predicted octanol–water partition coefficient (Wildman–Crippen LogP) is 1.68. The molecule has 1 atom stereocenters. The van der Waals surface area contributed by atoms with Crippen molar-refractivity contribution in [2.45, 2.75) is 37.7 Å². The van der Waals surface area contributed by atoms with E-state index in [1.165, 1.54) is 43.9 Å². The molecule has 1 unspecified atom stereocenters. The van der Waals surface area contributed by atoms with Gasteiger partial charge in [-0.3, -0.25) is 4.18 Å². The average Bonchev–Trinajstić information content (AvgIpc) is 2.39. The summed E-state index contributed by atoms with van der Waals surface area (Å²) in [4.78, 5) is 2.40. The van der Waals surface area contributed by atoms with Gasteiger partial charge in [0.15, 0.2) is 0 Å². The van der Waals surface area contributed by atoms with Crippen LogP contribution in [-0.4, -0.2) is 63.5 Å². The van der Waals surface area contributed by atoms with Gasteiger partial charge in [0.05, 0.1) is 12.9 Å². The third-order valence-corrected chi connectivity index (χ3v) is 4.56. The maximum absolute atomic E-state index is 10.8. The van der Waals surface area contributed by atoms with Gasteiger partial charge in [0.25, 0.3) is 10.1 Å². The molecule has 3 rings (SSSR count). The Balaban J connectivity index is 0.000000312. The van der Waals surface area contributed by atoms with Crippen LogP contribution in [-0.2, 0) is 14.3 Å². The summed E-state index contributed by atoms with van der Waals surface area (Å²) < 4.78 is 26.6. The molecule has 0 aromatic carbocycles. The van der Waals surface area contributed by atoms with Gasteiger partial charge < -0.3 is 4.90 Å². The first-order valence-corrected chi connectivity index (χ1v) is 9.34. The second-order valence-corrected chi connectivity index (χ2v) is 7.38. The van der Waals surface area contributed by atoms with Crippen LogP contribution in [0.15, 0.2) is 0 Å². The molecule has 0 aliphatic carbocycles. The molecule has 0 radical (unpaired) electrons. The number of hydrogen-bond donors (Lipinski definition) is 0. The molecular weight excluding hydrogens is 257 g/mol. The monoisotopic (exact) mass is 283 g/mol. The Morgan fingerprint density at radius 2 is 1.95 bits per heavy atom. The van der Waals surface area contributed by atoms with Crippen LogP contribution in [0.5, 0.6) is 0 Å². The van der Waals surface area contributed by atoms with Crippen LogP contribution >= 0.6 is 0 Å². The SMILES string of the molecule is CS(=O)(=O)OCC1CN2CCC1CC2.[Li][CH2]CCC. The predicted molar refractivity (Wildman–Crippen MR) is 78.9 cm³/mol. The Bertz CT molecular complexity index is 338. The van der Waals surface area contributed by atoms with Crippen LogP contribution in [0, 0.1) is 11.8 Å². The van der Waals surface area contributed by atoms with E-state index in [0.717, 1.165) is 12.8 Å². The van der Waals surface area contributed by atoms with Crippen molar-refractivity contribution in [2.24, 2.45) is 11.8 Å². The van der Waals surface area contributed by atoms with E-state index in [1.54, 1.807) is 0 Å². The molecule has 3 fully saturated rings. The minimum atomic E-state index is -3.26. The number of piperidine rings is 3. The van der Waals surface area contributed by atoms with Gasteiger partial charge in [-0.2, -0.15) is 8.42 Å². The quantitative estimate of drug-likeness (QED) is 0.569. The van der Waals surface area contributed by atoms with Gasteiger partial charge >= 0.3 is 42.6 Å². The van der Waals surface area contributed by atoms with Crippen molar-refractivity contribution in [3.8, 4) is 0 Å². The molecule has 108 valence electrons. The molecule has 4 nitrogen and oxygen atoms in total. The Labute approximate surface area is 127 Å². The van der Waals surface area contributed by atoms with Crippen molar-refractivity contribution in [3.05, 3.63) is 0 Å². The first kappa shape index (κ1) is 17.5. The van der Waals surface area contributed by atoms with Crippen molar-refractivity contribution in [2.75, 3.05) is 32.5 Å². The molecule has 3 aliphatic heterocycles. The van der Waals surface area contributed by atoms with E-state index in [-0.39, 0.29) is 0 Å². The number of hydrogen-bond acceptors (Lipinski definition) is 4. The standard InChI is InChI=1S/C9H17NO3S.C4H9.Li/c1-14(11,12)13-7-9-6-10-4-2-8(9)3-5-10;1-3-4-2;/h8-9H,2-7H2,1H3;1,3-4H2,2H3;. The van der Waals surface area contributed by atoms with Gasteiger partial charge in [0, 0.05) is 6.54 Å². The van der Waals surface area contributed by atoms with Gasteiger partial charge in [-0.1, -0.05) is 0 Å². The fourth-order valence-corrected chi connectivity index (χ4v) is 3.26. The third-order valence-electron chi connectivity index (χ3n) is 3.99. The first-order chi connectivity index (χ1) is 8.96. The first-order valence-electron chi connectivity index (χ1n) is 7.53. The summed E-state index contributed by atoms with van der Waals surface area (Å²) >= 11 is 2.21. The maximum atomic E-state index is 10.8. The molecule has 19 heavy (non-hydrogen) atoms. The minimum absolute atomic E-state index is 0.375. The number of rotatable bonds is 5. The number of unbranched alkanes of at least 4 members (excludes halogenated alkanes) is 1. The van der Waals surface area contributed by atoms with Crippen LogP contribution in [0.2, 0.25) is 5.09 Å². The van der Waals surface area contributed by atoms with E-state index in [9.17, 15) is 8.42 Å². The van der Waals surface area contributed by atoms with E-state index in [0.29, 0.717) is 18.4 Å². The van der Waals surface area contributed by atoms with Crippen LogP contribution < -0.4 is 0 Å². The van der Waals surface area contributed by atoms with Crippen molar-refractivity contribution < 1.29 is 12.6 Å². The summed E-state index contributed by atoms with van der Waals surface area (Å²) in [6.45, 7) is 5.96. The van der Waals surface area contributed by atoms with E-state index >= 15 is 0 Å². The van der Waals surface area contributed by atoms with Gasteiger partial charge in [-0.05, 0) is 37.8 Å². The van der Waals surface area contributed by atoms with Gasteiger partial charge in [-0.25, -0.2) is 0 Å². The van der Waals surface area contributed by atoms with E-state index in [4.69, 9.17) is 4.18 Å². The summed E-state index contributed by atoms with van der Waals surface area (Å²) in [6, 6.07) is 0. The molecule has 3 aliphatic rings. The molecule has 0 saturated carbocycles. The van der Waals surface area contributed by atoms with Crippen molar-refractivity contribution >= 4 is 27.8 Å². The van der Waals surface area contributed by atoms with Crippen LogP contribution in [0.1, 0.15) is 32.6 Å². The molecule has 0 aromatic rings. The summed E-state index contributed by atoms with van der Waals surface area (Å²) in [5.74, 6) is 1.11. The molecule has 0 N–H and O–H groups in total. The Hall–Kier alpha value is 0.467. The number of fused-ring (bicyclic) bond motifs is 3. The molecule has 3 heterocycles. The Morgan fingerprint density at radius 3 is 2.26 bits per heavy atom. The van der Waals surface area contributed by atoms with Gasteiger partial charge in [-0.15, -0.1) is 0 Å². The normalized spacial score (nSPS) is 29.8. The second-order valence-electron chi connectivity index (χ2n) is 5.74. The zero-order valence-electron chi connectivity index (χ0n) is 12.6. The fraction of sp³-hybridized carbons (Fsp3) is 1.00. The average molecular weight is 283 g/mol. The zero-order valence-corrected chi connectivity index (χ0v) is 13.4. The molecule has 6 heteroatoms. The number of nitrogens with zero attached hydrogens (tertiary/aromatic N) is 1. The molecule has 0 aromatic heterocycles. The van der Waals surface area contributed by atoms with Crippen LogP contribution in [0.25, 0.3) is 0 Å². The molecule has 3 saturated heterocycles. The van der Waals surface area contributed by atoms with Crippen LogP contribution in [0.4, 0.5) is 0 Å². The van der Waals surface area contributed by atoms with Crippen molar-refractivity contribution in [1.82, 2.24) is 4.90 Å². The zero-order chi connectivity index (χ0) is 14.3. The molecule has 0 amide bonds. The second kappa shape index (κ2) is 8.69. The Kier molecular flexibility index (Phi) is 8.01. The van der Waals surface area contributed by atoms with E-state index in [1.807, 2.05) is 0 Å². The van der Waals surface area contributed by atoms with Gasteiger partial charge in [0.1, 0.15) is 0 Å². The molecular formula is C13H26LiNO3S. The van der Waals surface area contributed by atoms with Gasteiger partial charge in [0.2, 0.25) is 0 Å². The van der Waals surface area contributed by atoms with Crippen molar-refractivity contribution in [3.63, 3.8) is 0 Å². The molecule has 0 spiro atoms. The Morgan fingerprint density at radius 1 is 1.32 bits per heavy atom. The topological polar surface area (TPSA) is 46.6 Å². The summed E-state index contributed by atoms with van der Waals surface area (Å²) in [5.41, 5.74) is 0. The third kappa shape index (κ3) is 7.15. The summed E-state index contributed by atoms with van der Waals surface area (Å²) in [7, 11) is -3.26. The summed E-state index contributed by atoms with van der Waals surface area (Å²) in [5, 5.41) is 1.34. The fourth-order valence-electron chi connectivity index (χ4n) is 2.84. The van der Waals surface area contributed by atoms with Crippen molar-refractivity contribution in [1.29, 1.82) is 0 Å². The van der Waals surface area contributed by atoms with Crippen LogP contribution in [0.3, 0.4) is 0 Å². The van der Waals surface area contributed by atoms with E-state index < -0.39 is 10.1 Å². The van der Waals surface area contributed by atoms with E-state index in [2.05, 4.69) is 29.5 Å².